The third-order valence-corrected chi connectivity index (χ3v) is 3.49. The van der Waals surface area contributed by atoms with Crippen molar-refractivity contribution < 1.29 is 13.9 Å². The lowest BCUT2D eigenvalue weighted by atomic mass is 10.1. The van der Waals surface area contributed by atoms with Gasteiger partial charge in [0.1, 0.15) is 11.9 Å². The van der Waals surface area contributed by atoms with Gasteiger partial charge in [-0.3, -0.25) is 4.79 Å². The van der Waals surface area contributed by atoms with Gasteiger partial charge in [0.25, 0.3) is 5.91 Å². The summed E-state index contributed by atoms with van der Waals surface area (Å²) in [6.07, 6.45) is -0.479. The molecule has 1 aliphatic rings. The van der Waals surface area contributed by atoms with E-state index >= 15 is 0 Å². The molecule has 1 fully saturated rings. The molecule has 0 bridgehead atoms. The summed E-state index contributed by atoms with van der Waals surface area (Å²) in [7, 11) is 1.68. The zero-order valence-electron chi connectivity index (χ0n) is 11.2. The molecule has 4 nitrogen and oxygen atoms in total. The van der Waals surface area contributed by atoms with Crippen LogP contribution >= 0.6 is 0 Å². The largest absolute Gasteiger partial charge is 0.366 e. The van der Waals surface area contributed by atoms with Crippen LogP contribution < -0.4 is 5.32 Å². The van der Waals surface area contributed by atoms with Gasteiger partial charge in [-0.1, -0.05) is 18.2 Å². The third-order valence-electron chi connectivity index (χ3n) is 3.49. The van der Waals surface area contributed by atoms with Crippen LogP contribution in [0.5, 0.6) is 0 Å². The molecule has 19 heavy (non-hydrogen) atoms. The molecule has 1 aromatic carbocycles. The number of nitrogens with one attached hydrogen (secondary N) is 1. The summed E-state index contributed by atoms with van der Waals surface area (Å²) in [4.78, 5) is 13.8. The Morgan fingerprint density at radius 3 is 2.89 bits per heavy atom. The molecule has 1 aromatic rings. The summed E-state index contributed by atoms with van der Waals surface area (Å²) >= 11 is 0. The molecule has 2 rings (SSSR count). The van der Waals surface area contributed by atoms with Gasteiger partial charge in [0.05, 0.1) is 12.6 Å². The molecular weight excluding hydrogens is 247 g/mol. The predicted molar refractivity (Wildman–Crippen MR) is 70.2 cm³/mol. The fourth-order valence-electron chi connectivity index (χ4n) is 2.16. The zero-order chi connectivity index (χ0) is 13.8. The molecule has 0 aromatic heterocycles. The van der Waals surface area contributed by atoms with Crippen molar-refractivity contribution in [3.63, 3.8) is 0 Å². The van der Waals surface area contributed by atoms with Gasteiger partial charge in [-0.15, -0.1) is 0 Å². The van der Waals surface area contributed by atoms with Gasteiger partial charge in [-0.2, -0.15) is 0 Å². The predicted octanol–water partition coefficient (Wildman–Crippen LogP) is 1.33. The Kier molecular flexibility index (Phi) is 4.50. The fraction of sp³-hybridized carbons (Fsp3) is 0.500. The minimum absolute atomic E-state index is 0.122. The van der Waals surface area contributed by atoms with Crippen molar-refractivity contribution in [2.24, 2.45) is 0 Å². The number of nitrogens with zero attached hydrogens (tertiary/aromatic N) is 1. The quantitative estimate of drug-likeness (QED) is 0.897. The normalized spacial score (nSPS) is 20.9. The highest BCUT2D eigenvalue weighted by molar-refractivity contribution is 5.81. The smallest absolute Gasteiger partial charge is 0.253 e. The van der Waals surface area contributed by atoms with Crippen molar-refractivity contribution in [3.8, 4) is 0 Å². The SMILES string of the molecule is C[C@H](c1ccccc1F)N(C)C(=O)[C@H]1CNCCO1. The highest BCUT2D eigenvalue weighted by Gasteiger charge is 2.28. The highest BCUT2D eigenvalue weighted by Crippen LogP contribution is 2.22. The van der Waals surface area contributed by atoms with Crippen LogP contribution in [-0.4, -0.2) is 43.7 Å². The molecule has 0 spiro atoms. The summed E-state index contributed by atoms with van der Waals surface area (Å²) in [5.74, 6) is -0.416. The monoisotopic (exact) mass is 266 g/mol. The van der Waals surface area contributed by atoms with E-state index in [2.05, 4.69) is 5.32 Å². The van der Waals surface area contributed by atoms with Gasteiger partial charge < -0.3 is 15.0 Å². The lowest BCUT2D eigenvalue weighted by Gasteiger charge is -2.31. The molecule has 1 heterocycles. The topological polar surface area (TPSA) is 41.6 Å². The molecule has 2 atom stereocenters. The summed E-state index contributed by atoms with van der Waals surface area (Å²) in [5, 5.41) is 3.11. The number of halogens is 1. The summed E-state index contributed by atoms with van der Waals surface area (Å²) < 4.78 is 19.2. The number of benzene rings is 1. The Bertz CT molecular complexity index is 447. The maximum atomic E-state index is 13.7. The van der Waals surface area contributed by atoms with Crippen LogP contribution in [0.3, 0.4) is 0 Å². The van der Waals surface area contributed by atoms with E-state index in [-0.39, 0.29) is 17.8 Å². The number of amides is 1. The average Bonchev–Trinajstić information content (AvgIpc) is 2.46. The molecule has 5 heteroatoms. The van der Waals surface area contributed by atoms with Crippen molar-refractivity contribution in [2.75, 3.05) is 26.7 Å². The number of hydrogen-bond donors (Lipinski definition) is 1. The lowest BCUT2D eigenvalue weighted by molar-refractivity contribution is -0.145. The molecule has 104 valence electrons. The van der Waals surface area contributed by atoms with E-state index in [1.165, 1.54) is 11.0 Å². The first-order valence-corrected chi connectivity index (χ1v) is 6.44. The number of morpholine rings is 1. The van der Waals surface area contributed by atoms with Crippen molar-refractivity contribution in [3.05, 3.63) is 35.6 Å². The number of likely N-dealkylation sites (N-methyl/N-ethyl adjacent to an activating group) is 1. The fourth-order valence-corrected chi connectivity index (χ4v) is 2.16. The van der Waals surface area contributed by atoms with Crippen molar-refractivity contribution in [1.82, 2.24) is 10.2 Å². The maximum Gasteiger partial charge on any atom is 0.253 e. The van der Waals surface area contributed by atoms with Gasteiger partial charge in [-0.25, -0.2) is 4.39 Å². The van der Waals surface area contributed by atoms with E-state index in [4.69, 9.17) is 4.74 Å². The molecular formula is C14H19FN2O2. The number of carbonyl (C=O) groups excluding carboxylic acids is 1. The van der Waals surface area contributed by atoms with E-state index in [0.29, 0.717) is 18.7 Å². The van der Waals surface area contributed by atoms with Crippen LogP contribution in [0.2, 0.25) is 0 Å². The minimum Gasteiger partial charge on any atom is -0.366 e. The molecule has 1 amide bonds. The first-order chi connectivity index (χ1) is 9.11. The first-order valence-electron chi connectivity index (χ1n) is 6.44. The molecule has 1 saturated heterocycles. The van der Waals surface area contributed by atoms with Crippen molar-refractivity contribution in [1.29, 1.82) is 0 Å². The molecule has 1 N–H and O–H groups in total. The zero-order valence-corrected chi connectivity index (χ0v) is 11.2. The van der Waals surface area contributed by atoms with Gasteiger partial charge in [-0.05, 0) is 13.0 Å². The Balaban J connectivity index is 2.08. The molecule has 1 aliphatic heterocycles. The van der Waals surface area contributed by atoms with Gasteiger partial charge in [0.15, 0.2) is 0 Å². The van der Waals surface area contributed by atoms with E-state index < -0.39 is 6.10 Å². The number of ether oxygens (including phenoxy) is 1. The Morgan fingerprint density at radius 1 is 1.53 bits per heavy atom. The van der Waals surface area contributed by atoms with Gasteiger partial charge in [0.2, 0.25) is 0 Å². The summed E-state index contributed by atoms with van der Waals surface area (Å²) in [6, 6.07) is 6.19. The van der Waals surface area contributed by atoms with Crippen LogP contribution in [0.1, 0.15) is 18.5 Å². The molecule has 0 saturated carbocycles. The average molecular weight is 266 g/mol. The molecule has 0 aliphatic carbocycles. The van der Waals surface area contributed by atoms with Crippen molar-refractivity contribution >= 4 is 5.91 Å². The summed E-state index contributed by atoms with van der Waals surface area (Å²) in [5.41, 5.74) is 0.516. The van der Waals surface area contributed by atoms with Crippen LogP contribution in [-0.2, 0) is 9.53 Å². The van der Waals surface area contributed by atoms with Crippen molar-refractivity contribution in [2.45, 2.75) is 19.1 Å². The first kappa shape index (κ1) is 14.0. The van der Waals surface area contributed by atoms with E-state index in [0.717, 1.165) is 6.54 Å². The van der Waals surface area contributed by atoms with E-state index in [1.54, 1.807) is 25.2 Å². The third kappa shape index (κ3) is 3.11. The lowest BCUT2D eigenvalue weighted by Crippen LogP contribution is -2.48. The van der Waals surface area contributed by atoms with E-state index in [1.807, 2.05) is 6.92 Å². The van der Waals surface area contributed by atoms with Gasteiger partial charge in [0, 0.05) is 25.7 Å². The van der Waals surface area contributed by atoms with Crippen LogP contribution in [0.4, 0.5) is 4.39 Å². The molecule has 0 unspecified atom stereocenters. The number of hydrogen-bond acceptors (Lipinski definition) is 3. The Labute approximate surface area is 112 Å². The number of rotatable bonds is 3. The Hall–Kier alpha value is -1.46. The second kappa shape index (κ2) is 6.12. The highest BCUT2D eigenvalue weighted by atomic mass is 19.1. The second-order valence-electron chi connectivity index (χ2n) is 4.71. The standard InChI is InChI=1S/C14H19FN2O2/c1-10(11-5-3-4-6-12(11)15)17(2)14(18)13-9-16-7-8-19-13/h3-6,10,13,16H,7-9H2,1-2H3/t10-,13-/m1/s1. The van der Waals surface area contributed by atoms with E-state index in [9.17, 15) is 9.18 Å². The van der Waals surface area contributed by atoms with Crippen LogP contribution in [0, 0.1) is 5.82 Å². The van der Waals surface area contributed by atoms with Gasteiger partial charge >= 0.3 is 0 Å². The van der Waals surface area contributed by atoms with Crippen LogP contribution in [0.25, 0.3) is 0 Å². The molecule has 0 radical (unpaired) electrons. The minimum atomic E-state index is -0.479. The summed E-state index contributed by atoms with van der Waals surface area (Å²) in [6.45, 7) is 3.61. The Morgan fingerprint density at radius 2 is 2.26 bits per heavy atom. The maximum absolute atomic E-state index is 13.7. The second-order valence-corrected chi connectivity index (χ2v) is 4.71. The van der Waals surface area contributed by atoms with Crippen LogP contribution in [0.15, 0.2) is 24.3 Å². The number of carbonyl (C=O) groups is 1.